The summed E-state index contributed by atoms with van der Waals surface area (Å²) in [5.74, 6) is 0.815. The first-order valence-electron chi connectivity index (χ1n) is 6.93. The molecule has 3 nitrogen and oxygen atoms in total. The lowest BCUT2D eigenvalue weighted by atomic mass is 10.0. The average Bonchev–Trinajstić information content (AvgIpc) is 2.89. The summed E-state index contributed by atoms with van der Waals surface area (Å²) in [6.07, 6.45) is 3.84. The highest BCUT2D eigenvalue weighted by Crippen LogP contribution is 2.32. The van der Waals surface area contributed by atoms with E-state index in [0.717, 1.165) is 47.9 Å². The van der Waals surface area contributed by atoms with Gasteiger partial charge in [0.05, 0.1) is 6.61 Å². The molecule has 0 saturated heterocycles. The van der Waals surface area contributed by atoms with Crippen molar-refractivity contribution in [1.82, 2.24) is 0 Å². The van der Waals surface area contributed by atoms with Gasteiger partial charge in [-0.25, -0.2) is 4.79 Å². The zero-order chi connectivity index (χ0) is 13.4. The molecule has 0 bridgehead atoms. The fourth-order valence-electron chi connectivity index (χ4n) is 2.83. The molecule has 3 rings (SSSR count). The summed E-state index contributed by atoms with van der Waals surface area (Å²) < 4.78 is 11.2. The van der Waals surface area contributed by atoms with Crippen LogP contribution in [0.3, 0.4) is 0 Å². The van der Waals surface area contributed by atoms with Crippen molar-refractivity contribution in [2.45, 2.75) is 39.5 Å². The second kappa shape index (κ2) is 4.72. The Hall–Kier alpha value is -1.77. The largest absolute Gasteiger partial charge is 0.493 e. The van der Waals surface area contributed by atoms with Gasteiger partial charge < -0.3 is 9.15 Å². The van der Waals surface area contributed by atoms with Crippen LogP contribution in [-0.4, -0.2) is 6.61 Å². The van der Waals surface area contributed by atoms with E-state index in [1.54, 1.807) is 0 Å². The molecule has 3 heteroatoms. The predicted octanol–water partition coefficient (Wildman–Crippen LogP) is 3.38. The van der Waals surface area contributed by atoms with Crippen LogP contribution in [0.5, 0.6) is 5.75 Å². The van der Waals surface area contributed by atoms with Crippen molar-refractivity contribution in [3.63, 3.8) is 0 Å². The van der Waals surface area contributed by atoms with Gasteiger partial charge >= 0.3 is 5.63 Å². The number of fused-ring (bicyclic) bond motifs is 3. The van der Waals surface area contributed by atoms with Crippen LogP contribution in [0.4, 0.5) is 0 Å². The molecule has 0 N–H and O–H groups in total. The van der Waals surface area contributed by atoms with Crippen molar-refractivity contribution >= 4 is 11.0 Å². The number of aryl methyl sites for hydroxylation is 2. The Balaban J connectivity index is 2.21. The molecule has 0 radical (unpaired) electrons. The number of ether oxygens (including phenoxy) is 1. The molecular formula is C16H18O3. The van der Waals surface area contributed by atoms with Gasteiger partial charge in [0, 0.05) is 16.5 Å². The number of benzene rings is 1. The van der Waals surface area contributed by atoms with Crippen molar-refractivity contribution < 1.29 is 9.15 Å². The van der Waals surface area contributed by atoms with Gasteiger partial charge in [-0.1, -0.05) is 6.92 Å². The maximum atomic E-state index is 12.0. The second-order valence-electron chi connectivity index (χ2n) is 5.11. The van der Waals surface area contributed by atoms with Crippen LogP contribution in [0.15, 0.2) is 21.3 Å². The summed E-state index contributed by atoms with van der Waals surface area (Å²) in [7, 11) is 0. The van der Waals surface area contributed by atoms with Crippen LogP contribution in [0.1, 0.15) is 36.5 Å². The highest BCUT2D eigenvalue weighted by molar-refractivity contribution is 5.86. The van der Waals surface area contributed by atoms with E-state index >= 15 is 0 Å². The third-order valence-electron chi connectivity index (χ3n) is 3.80. The topological polar surface area (TPSA) is 39.4 Å². The second-order valence-corrected chi connectivity index (χ2v) is 5.11. The van der Waals surface area contributed by atoms with Gasteiger partial charge in [-0.2, -0.15) is 0 Å². The lowest BCUT2D eigenvalue weighted by Crippen LogP contribution is -2.08. The van der Waals surface area contributed by atoms with Gasteiger partial charge in [0.1, 0.15) is 11.3 Å². The van der Waals surface area contributed by atoms with Crippen LogP contribution < -0.4 is 10.4 Å². The van der Waals surface area contributed by atoms with Gasteiger partial charge in [0.25, 0.3) is 0 Å². The standard InChI is InChI=1S/C16H18O3/c1-3-9-18-14-8-7-12-11-5-4-6-13(11)16(17)19-15(12)10(14)2/h7-8H,3-6,9H2,1-2H3. The van der Waals surface area contributed by atoms with E-state index < -0.39 is 0 Å². The Bertz CT molecular complexity index is 682. The van der Waals surface area contributed by atoms with E-state index in [0.29, 0.717) is 12.2 Å². The molecule has 0 fully saturated rings. The van der Waals surface area contributed by atoms with Crippen LogP contribution >= 0.6 is 0 Å². The summed E-state index contributed by atoms with van der Waals surface area (Å²) >= 11 is 0. The normalized spacial score (nSPS) is 13.8. The van der Waals surface area contributed by atoms with E-state index in [1.807, 2.05) is 19.1 Å². The first-order valence-corrected chi connectivity index (χ1v) is 6.93. The Morgan fingerprint density at radius 1 is 1.26 bits per heavy atom. The van der Waals surface area contributed by atoms with E-state index in [9.17, 15) is 4.79 Å². The SMILES string of the molecule is CCCOc1ccc2c3c(c(=O)oc2c1C)CCC3. The fourth-order valence-corrected chi connectivity index (χ4v) is 2.83. The molecule has 1 aromatic heterocycles. The van der Waals surface area contributed by atoms with E-state index in [2.05, 4.69) is 6.92 Å². The quantitative estimate of drug-likeness (QED) is 0.792. The minimum atomic E-state index is -0.171. The van der Waals surface area contributed by atoms with Gasteiger partial charge in [-0.3, -0.25) is 0 Å². The number of rotatable bonds is 3. The zero-order valence-corrected chi connectivity index (χ0v) is 11.4. The zero-order valence-electron chi connectivity index (χ0n) is 11.4. The lowest BCUT2D eigenvalue weighted by molar-refractivity contribution is 0.315. The lowest BCUT2D eigenvalue weighted by Gasteiger charge is -2.11. The smallest absolute Gasteiger partial charge is 0.339 e. The molecule has 0 saturated carbocycles. The first-order chi connectivity index (χ1) is 9.22. The summed E-state index contributed by atoms with van der Waals surface area (Å²) in [5.41, 5.74) is 3.50. The molecule has 2 aromatic rings. The van der Waals surface area contributed by atoms with Gasteiger partial charge in [0.15, 0.2) is 0 Å². The Labute approximate surface area is 112 Å². The van der Waals surface area contributed by atoms with Crippen molar-refractivity contribution in [1.29, 1.82) is 0 Å². The molecule has 1 aliphatic carbocycles. The highest BCUT2D eigenvalue weighted by atomic mass is 16.5. The molecule has 0 amide bonds. The van der Waals surface area contributed by atoms with E-state index in [-0.39, 0.29) is 5.63 Å². The first kappa shape index (κ1) is 12.3. The average molecular weight is 258 g/mol. The summed E-state index contributed by atoms with van der Waals surface area (Å²) in [6.45, 7) is 4.71. The molecule has 1 aromatic carbocycles. The van der Waals surface area contributed by atoms with Crippen molar-refractivity contribution in [2.24, 2.45) is 0 Å². The molecule has 0 atom stereocenters. The van der Waals surface area contributed by atoms with Crippen LogP contribution in [0.2, 0.25) is 0 Å². The van der Waals surface area contributed by atoms with Crippen molar-refractivity contribution in [3.8, 4) is 5.75 Å². The summed E-state index contributed by atoms with van der Waals surface area (Å²) in [4.78, 5) is 12.0. The molecule has 100 valence electrons. The molecule has 0 unspecified atom stereocenters. The van der Waals surface area contributed by atoms with Crippen LogP contribution in [0.25, 0.3) is 11.0 Å². The highest BCUT2D eigenvalue weighted by Gasteiger charge is 2.21. The Kier molecular flexibility index (Phi) is 3.05. The third-order valence-corrected chi connectivity index (χ3v) is 3.80. The number of hydrogen-bond donors (Lipinski definition) is 0. The maximum absolute atomic E-state index is 12.0. The molecular weight excluding hydrogens is 240 g/mol. The molecule has 1 aliphatic rings. The number of hydrogen-bond acceptors (Lipinski definition) is 3. The van der Waals surface area contributed by atoms with Gasteiger partial charge in [-0.15, -0.1) is 0 Å². The monoisotopic (exact) mass is 258 g/mol. The van der Waals surface area contributed by atoms with E-state index in [4.69, 9.17) is 9.15 Å². The summed E-state index contributed by atoms with van der Waals surface area (Å²) in [5, 5.41) is 1.08. The van der Waals surface area contributed by atoms with Gasteiger partial charge in [0.2, 0.25) is 0 Å². The molecule has 1 heterocycles. The maximum Gasteiger partial charge on any atom is 0.339 e. The Morgan fingerprint density at radius 3 is 2.84 bits per heavy atom. The molecule has 19 heavy (non-hydrogen) atoms. The van der Waals surface area contributed by atoms with Crippen LogP contribution in [0, 0.1) is 6.92 Å². The molecule has 0 aliphatic heterocycles. The van der Waals surface area contributed by atoms with E-state index in [1.165, 1.54) is 5.56 Å². The minimum absolute atomic E-state index is 0.171. The van der Waals surface area contributed by atoms with Crippen molar-refractivity contribution in [3.05, 3.63) is 39.2 Å². The minimum Gasteiger partial charge on any atom is -0.493 e. The van der Waals surface area contributed by atoms with Crippen molar-refractivity contribution in [2.75, 3.05) is 6.61 Å². The van der Waals surface area contributed by atoms with Gasteiger partial charge in [-0.05, 0) is 50.3 Å². The summed E-state index contributed by atoms with van der Waals surface area (Å²) in [6, 6.07) is 4.02. The third kappa shape index (κ3) is 1.93. The van der Waals surface area contributed by atoms with Crippen LogP contribution in [-0.2, 0) is 12.8 Å². The predicted molar refractivity (Wildman–Crippen MR) is 75.0 cm³/mol. The molecule has 0 spiro atoms. The Morgan fingerprint density at radius 2 is 2.05 bits per heavy atom. The fraction of sp³-hybridized carbons (Fsp3) is 0.438.